The molecule has 0 radical (unpaired) electrons. The minimum absolute atomic E-state index is 0.245. The third kappa shape index (κ3) is 4.16. The first-order valence-corrected chi connectivity index (χ1v) is 11.3. The SMILES string of the molecule is COc1cccc([C@H]2O[C@H](CC(=O)O)C(=O)N3c4c(cc(Cl)cc42)OC[C@H]3C(C)(C)C)c1OC. The van der Waals surface area contributed by atoms with Crippen LogP contribution in [-0.4, -0.2) is 50.0 Å². The number of carbonyl (C=O) groups is 2. The van der Waals surface area contributed by atoms with Crippen molar-refractivity contribution in [1.29, 1.82) is 0 Å². The Bertz CT molecular complexity index is 1130. The summed E-state index contributed by atoms with van der Waals surface area (Å²) in [6.07, 6.45) is -2.59. The second kappa shape index (κ2) is 9.00. The quantitative estimate of drug-likeness (QED) is 0.662. The van der Waals surface area contributed by atoms with E-state index in [4.69, 9.17) is 30.5 Å². The van der Waals surface area contributed by atoms with Gasteiger partial charge in [0.05, 0.1) is 32.4 Å². The Kier molecular flexibility index (Phi) is 6.40. The molecule has 34 heavy (non-hydrogen) atoms. The number of nitrogens with zero attached hydrogens (tertiary/aromatic N) is 1. The molecule has 182 valence electrons. The Morgan fingerprint density at radius 1 is 1.21 bits per heavy atom. The zero-order valence-corrected chi connectivity index (χ0v) is 20.5. The van der Waals surface area contributed by atoms with E-state index in [-0.39, 0.29) is 18.1 Å². The predicted molar refractivity (Wildman–Crippen MR) is 126 cm³/mol. The van der Waals surface area contributed by atoms with Crippen molar-refractivity contribution in [1.82, 2.24) is 0 Å². The van der Waals surface area contributed by atoms with Crippen LogP contribution in [0.5, 0.6) is 17.2 Å². The number of aliphatic carboxylic acids is 1. The van der Waals surface area contributed by atoms with Crippen molar-refractivity contribution >= 4 is 29.2 Å². The molecule has 0 fully saturated rings. The average Bonchev–Trinajstić information content (AvgIpc) is 2.88. The van der Waals surface area contributed by atoms with Crippen LogP contribution >= 0.6 is 11.6 Å². The summed E-state index contributed by atoms with van der Waals surface area (Å²) >= 11 is 6.46. The lowest BCUT2D eigenvalue weighted by molar-refractivity contribution is -0.147. The van der Waals surface area contributed by atoms with Gasteiger partial charge in [0, 0.05) is 22.2 Å². The normalized spacial score (nSPS) is 21.9. The van der Waals surface area contributed by atoms with Crippen molar-refractivity contribution in [2.75, 3.05) is 25.7 Å². The van der Waals surface area contributed by atoms with E-state index in [1.165, 1.54) is 14.2 Å². The van der Waals surface area contributed by atoms with Gasteiger partial charge in [-0.1, -0.05) is 44.5 Å². The van der Waals surface area contributed by atoms with Gasteiger partial charge in [0.15, 0.2) is 11.5 Å². The minimum atomic E-state index is -1.24. The zero-order chi connectivity index (χ0) is 24.8. The molecule has 8 nitrogen and oxygen atoms in total. The number of amides is 1. The fraction of sp³-hybridized carbons (Fsp3) is 0.440. The summed E-state index contributed by atoms with van der Waals surface area (Å²) in [5.74, 6) is -0.226. The van der Waals surface area contributed by atoms with Crippen molar-refractivity contribution < 1.29 is 33.6 Å². The van der Waals surface area contributed by atoms with E-state index in [2.05, 4.69) is 0 Å². The molecule has 0 spiro atoms. The van der Waals surface area contributed by atoms with Crippen LogP contribution in [0.25, 0.3) is 0 Å². The van der Waals surface area contributed by atoms with Gasteiger partial charge in [-0.2, -0.15) is 0 Å². The number of rotatable bonds is 5. The molecule has 4 rings (SSSR count). The van der Waals surface area contributed by atoms with E-state index in [0.717, 1.165) is 0 Å². The standard InChI is InChI=1S/C25H28ClNO7/c1-25(2,3)19-12-33-17-10-13(26)9-15-21(17)27(19)24(30)18(11-20(28)29)34-22(15)14-7-6-8-16(31-4)23(14)32-5/h6-10,18-19,22H,11-12H2,1-5H3,(H,28,29)/t18-,19+,22-/m1/s1. The average molecular weight is 490 g/mol. The molecule has 2 aliphatic rings. The predicted octanol–water partition coefficient (Wildman–Crippen LogP) is 4.46. The van der Waals surface area contributed by atoms with E-state index in [9.17, 15) is 14.7 Å². The van der Waals surface area contributed by atoms with Crippen LogP contribution in [0.15, 0.2) is 30.3 Å². The first kappa shape index (κ1) is 24.2. The lowest BCUT2D eigenvalue weighted by Gasteiger charge is -2.44. The van der Waals surface area contributed by atoms with Crippen LogP contribution in [0.1, 0.15) is 44.4 Å². The number of methoxy groups -OCH3 is 2. The molecule has 0 saturated carbocycles. The number of hydrogen-bond acceptors (Lipinski definition) is 6. The van der Waals surface area contributed by atoms with Crippen LogP contribution in [0.4, 0.5) is 5.69 Å². The molecule has 0 saturated heterocycles. The lowest BCUT2D eigenvalue weighted by atomic mass is 9.84. The van der Waals surface area contributed by atoms with Gasteiger partial charge in [-0.3, -0.25) is 14.5 Å². The number of benzene rings is 2. The number of para-hydroxylation sites is 1. The highest BCUT2D eigenvalue weighted by Crippen LogP contribution is 2.51. The minimum Gasteiger partial charge on any atom is -0.493 e. The number of carbonyl (C=O) groups excluding carboxylic acids is 1. The van der Waals surface area contributed by atoms with Gasteiger partial charge in [-0.25, -0.2) is 0 Å². The van der Waals surface area contributed by atoms with E-state index in [1.807, 2.05) is 20.8 Å². The van der Waals surface area contributed by atoms with Crippen LogP contribution in [0, 0.1) is 5.41 Å². The van der Waals surface area contributed by atoms with E-state index in [0.29, 0.717) is 39.1 Å². The van der Waals surface area contributed by atoms with Crippen molar-refractivity contribution in [3.8, 4) is 17.2 Å². The fourth-order valence-corrected chi connectivity index (χ4v) is 4.78. The molecule has 1 amide bonds. The Labute approximate surface area is 203 Å². The smallest absolute Gasteiger partial charge is 0.306 e. The van der Waals surface area contributed by atoms with Gasteiger partial charge in [0.2, 0.25) is 0 Å². The molecule has 2 aliphatic heterocycles. The molecule has 9 heteroatoms. The van der Waals surface area contributed by atoms with Gasteiger partial charge >= 0.3 is 5.97 Å². The maximum absolute atomic E-state index is 13.9. The third-order valence-corrected chi connectivity index (χ3v) is 6.41. The van der Waals surface area contributed by atoms with Crippen molar-refractivity contribution in [2.45, 2.75) is 45.4 Å². The summed E-state index contributed by atoms with van der Waals surface area (Å²) in [6.45, 7) is 6.27. The summed E-state index contributed by atoms with van der Waals surface area (Å²) in [4.78, 5) is 27.2. The number of anilines is 1. The van der Waals surface area contributed by atoms with E-state index in [1.54, 1.807) is 35.2 Å². The zero-order valence-electron chi connectivity index (χ0n) is 19.8. The van der Waals surface area contributed by atoms with Gasteiger partial charge in [0.25, 0.3) is 5.91 Å². The summed E-state index contributed by atoms with van der Waals surface area (Å²) in [5, 5.41) is 9.99. The summed E-state index contributed by atoms with van der Waals surface area (Å²) < 4.78 is 23.5. The summed E-state index contributed by atoms with van der Waals surface area (Å²) in [7, 11) is 3.04. The Balaban J connectivity index is 2.01. The molecule has 0 unspecified atom stereocenters. The molecule has 3 atom stereocenters. The highest BCUT2D eigenvalue weighted by atomic mass is 35.5. The molecule has 1 N–H and O–H groups in total. The second-order valence-electron chi connectivity index (χ2n) is 9.43. The largest absolute Gasteiger partial charge is 0.493 e. The Morgan fingerprint density at radius 3 is 2.56 bits per heavy atom. The number of ether oxygens (including phenoxy) is 4. The molecule has 0 aromatic heterocycles. The Hall–Kier alpha value is -2.97. The Morgan fingerprint density at radius 2 is 1.94 bits per heavy atom. The first-order chi connectivity index (χ1) is 16.1. The van der Waals surface area contributed by atoms with Crippen LogP contribution in [-0.2, 0) is 14.3 Å². The van der Waals surface area contributed by atoms with E-state index >= 15 is 0 Å². The molecular formula is C25H28ClNO7. The third-order valence-electron chi connectivity index (χ3n) is 6.19. The van der Waals surface area contributed by atoms with Crippen LogP contribution < -0.4 is 19.1 Å². The maximum Gasteiger partial charge on any atom is 0.306 e. The summed E-state index contributed by atoms with van der Waals surface area (Å²) in [6, 6.07) is 8.36. The lowest BCUT2D eigenvalue weighted by Crippen LogP contribution is -2.56. The topological polar surface area (TPSA) is 94.5 Å². The fourth-order valence-electron chi connectivity index (χ4n) is 4.57. The van der Waals surface area contributed by atoms with Crippen LogP contribution in [0.3, 0.4) is 0 Å². The highest BCUT2D eigenvalue weighted by molar-refractivity contribution is 6.31. The second-order valence-corrected chi connectivity index (χ2v) is 9.86. The van der Waals surface area contributed by atoms with Crippen molar-refractivity contribution in [3.05, 3.63) is 46.5 Å². The summed E-state index contributed by atoms with van der Waals surface area (Å²) in [5.41, 5.74) is 1.34. The number of halogens is 1. The molecule has 2 heterocycles. The molecular weight excluding hydrogens is 462 g/mol. The number of carboxylic acid groups (broad SMARTS) is 1. The molecule has 0 aliphatic carbocycles. The van der Waals surface area contributed by atoms with Gasteiger partial charge < -0.3 is 24.1 Å². The maximum atomic E-state index is 13.9. The highest BCUT2D eigenvalue weighted by Gasteiger charge is 2.47. The van der Waals surface area contributed by atoms with Gasteiger partial charge in [-0.15, -0.1) is 0 Å². The monoisotopic (exact) mass is 489 g/mol. The number of hydrogen-bond donors (Lipinski definition) is 1. The molecule has 2 aromatic rings. The molecule has 0 bridgehead atoms. The molecule has 2 aromatic carbocycles. The van der Waals surface area contributed by atoms with Crippen molar-refractivity contribution in [2.24, 2.45) is 5.41 Å². The van der Waals surface area contributed by atoms with Gasteiger partial charge in [0.1, 0.15) is 24.6 Å². The van der Waals surface area contributed by atoms with Gasteiger partial charge in [-0.05, 0) is 17.5 Å². The van der Waals surface area contributed by atoms with Crippen molar-refractivity contribution in [3.63, 3.8) is 0 Å². The van der Waals surface area contributed by atoms with Crippen LogP contribution in [0.2, 0.25) is 5.02 Å². The first-order valence-electron chi connectivity index (χ1n) is 10.9. The number of carboxylic acids is 1. The van der Waals surface area contributed by atoms with E-state index < -0.39 is 30.5 Å².